The van der Waals surface area contributed by atoms with Gasteiger partial charge < -0.3 is 9.47 Å². The molecule has 1 amide bonds. The van der Waals surface area contributed by atoms with Gasteiger partial charge in [0, 0.05) is 31.1 Å². The maximum absolute atomic E-state index is 14.1. The van der Waals surface area contributed by atoms with E-state index in [1.807, 2.05) is 0 Å². The number of halogens is 1. The molecule has 0 bridgehead atoms. The van der Waals surface area contributed by atoms with Gasteiger partial charge in [-0.1, -0.05) is 17.1 Å². The van der Waals surface area contributed by atoms with Crippen molar-refractivity contribution in [1.82, 2.24) is 19.7 Å². The molecule has 0 unspecified atom stereocenters. The molecule has 8 nitrogen and oxygen atoms in total. The van der Waals surface area contributed by atoms with Crippen molar-refractivity contribution in [1.29, 1.82) is 0 Å². The number of amides is 1. The summed E-state index contributed by atoms with van der Waals surface area (Å²) in [5.74, 6) is 0.331. The largest absolute Gasteiger partial charge is 0.448 e. The van der Waals surface area contributed by atoms with Crippen LogP contribution < -0.4 is 9.86 Å². The summed E-state index contributed by atoms with van der Waals surface area (Å²) in [4.78, 5) is 20.0. The number of carbonyl (C=O) groups excluding carboxylic acids is 1. The number of aryl methyl sites for hydroxylation is 1. The summed E-state index contributed by atoms with van der Waals surface area (Å²) in [5, 5.41) is 3.95. The predicted molar refractivity (Wildman–Crippen MR) is 95.6 cm³/mol. The van der Waals surface area contributed by atoms with Crippen molar-refractivity contribution in [2.24, 2.45) is 7.05 Å². The van der Waals surface area contributed by atoms with E-state index in [4.69, 9.17) is 4.74 Å². The molecule has 2 heterocycles. The normalized spacial score (nSPS) is 10.3. The number of nitrogens with zero attached hydrogens (tertiary/aromatic N) is 5. The third-order valence-electron chi connectivity index (χ3n) is 3.31. The molecule has 2 aromatic heterocycles. The second kappa shape index (κ2) is 7.65. The second-order valence-corrected chi connectivity index (χ2v) is 5.58. The van der Waals surface area contributed by atoms with Crippen molar-refractivity contribution in [2.45, 2.75) is 6.92 Å². The number of aromatic nitrogens is 4. The Bertz CT molecular complexity index is 988. The maximum atomic E-state index is 14.1. The molecular weight excluding hydrogens is 353 g/mol. The van der Waals surface area contributed by atoms with Crippen LogP contribution in [0.15, 0.2) is 61.3 Å². The molecular formula is C18H16FN5O3. The zero-order chi connectivity index (χ0) is 19.4. The molecule has 3 rings (SSSR count). The highest BCUT2D eigenvalue weighted by molar-refractivity contribution is 5.85. The monoisotopic (exact) mass is 369 g/mol. The van der Waals surface area contributed by atoms with Gasteiger partial charge in [0.2, 0.25) is 0 Å². The second-order valence-electron chi connectivity index (χ2n) is 5.58. The lowest BCUT2D eigenvalue weighted by Crippen LogP contribution is -2.22. The summed E-state index contributed by atoms with van der Waals surface area (Å²) >= 11 is 0. The zero-order valence-electron chi connectivity index (χ0n) is 14.7. The predicted octanol–water partition coefficient (Wildman–Crippen LogP) is 4.03. The Morgan fingerprint density at radius 3 is 2.85 bits per heavy atom. The number of benzene rings is 1. The van der Waals surface area contributed by atoms with Crippen LogP contribution in [0.1, 0.15) is 6.92 Å². The van der Waals surface area contributed by atoms with Gasteiger partial charge >= 0.3 is 12.1 Å². The van der Waals surface area contributed by atoms with Crippen molar-refractivity contribution < 1.29 is 18.7 Å². The Kier molecular flexibility index (Phi) is 5.11. The number of hydrogen-bond acceptors (Lipinski definition) is 6. The number of hydrogen-bond donors (Lipinski definition) is 0. The van der Waals surface area contributed by atoms with Crippen LogP contribution in [0, 0.1) is 0 Å². The molecule has 0 aliphatic carbocycles. The fraction of sp³-hybridized carbons (Fsp3) is 0.111. The lowest BCUT2D eigenvalue weighted by atomic mass is 10.2. The smallest absolute Gasteiger partial charge is 0.424 e. The molecule has 0 N–H and O–H groups in total. The SMILES string of the molecule is C=C(C)OC(=O)N(F)c1cccc(Oc2nccc(-c3cnn(C)c3)n2)c1. The molecule has 27 heavy (non-hydrogen) atoms. The molecule has 9 heteroatoms. The number of carbonyl (C=O) groups is 1. The summed E-state index contributed by atoms with van der Waals surface area (Å²) < 4.78 is 26.0. The fourth-order valence-electron chi connectivity index (χ4n) is 2.17. The average Bonchev–Trinajstić information content (AvgIpc) is 3.07. The van der Waals surface area contributed by atoms with Crippen LogP contribution >= 0.6 is 0 Å². The topological polar surface area (TPSA) is 82.4 Å². The minimum absolute atomic E-state index is 0.0674. The Morgan fingerprint density at radius 1 is 1.33 bits per heavy atom. The first kappa shape index (κ1) is 18.1. The maximum Gasteiger partial charge on any atom is 0.448 e. The van der Waals surface area contributed by atoms with Crippen LogP contribution in [0.4, 0.5) is 15.0 Å². The Hall–Kier alpha value is -3.75. The van der Waals surface area contributed by atoms with Crippen LogP contribution in [-0.2, 0) is 11.8 Å². The number of anilines is 1. The van der Waals surface area contributed by atoms with Gasteiger partial charge in [-0.2, -0.15) is 10.1 Å². The van der Waals surface area contributed by atoms with Gasteiger partial charge in [-0.3, -0.25) is 4.68 Å². The Labute approximate surface area is 154 Å². The van der Waals surface area contributed by atoms with Gasteiger partial charge in [0.1, 0.15) is 5.75 Å². The molecule has 1 aromatic carbocycles. The van der Waals surface area contributed by atoms with Crippen molar-refractivity contribution in [3.8, 4) is 23.0 Å². The van der Waals surface area contributed by atoms with Gasteiger partial charge in [0.25, 0.3) is 0 Å². The van der Waals surface area contributed by atoms with E-state index in [-0.39, 0.29) is 28.3 Å². The van der Waals surface area contributed by atoms with E-state index in [1.54, 1.807) is 42.5 Å². The van der Waals surface area contributed by atoms with Gasteiger partial charge in [-0.25, -0.2) is 9.78 Å². The molecule has 0 aliphatic heterocycles. The van der Waals surface area contributed by atoms with Crippen LogP contribution in [0.3, 0.4) is 0 Å². The molecule has 0 radical (unpaired) electrons. The zero-order valence-corrected chi connectivity index (χ0v) is 14.7. The molecule has 0 atom stereocenters. The fourth-order valence-corrected chi connectivity index (χ4v) is 2.17. The minimum atomic E-state index is -1.20. The first-order valence-electron chi connectivity index (χ1n) is 7.85. The minimum Gasteiger partial charge on any atom is -0.424 e. The van der Waals surface area contributed by atoms with Gasteiger partial charge in [-0.15, -0.1) is 5.12 Å². The van der Waals surface area contributed by atoms with E-state index >= 15 is 0 Å². The molecule has 3 aromatic rings. The number of ether oxygens (including phenoxy) is 2. The summed E-state index contributed by atoms with van der Waals surface area (Å²) in [6.07, 6.45) is 3.82. The molecule has 0 saturated carbocycles. The van der Waals surface area contributed by atoms with Crippen molar-refractivity contribution in [3.05, 3.63) is 61.3 Å². The van der Waals surface area contributed by atoms with E-state index in [2.05, 4.69) is 26.4 Å². The van der Waals surface area contributed by atoms with Crippen LogP contribution in [0.2, 0.25) is 0 Å². The van der Waals surface area contributed by atoms with Gasteiger partial charge in [0.15, 0.2) is 0 Å². The van der Waals surface area contributed by atoms with Crippen molar-refractivity contribution >= 4 is 11.8 Å². The first-order valence-corrected chi connectivity index (χ1v) is 7.85. The van der Waals surface area contributed by atoms with Crippen LogP contribution in [0.5, 0.6) is 11.8 Å². The molecule has 0 spiro atoms. The lowest BCUT2D eigenvalue weighted by Gasteiger charge is -2.13. The van der Waals surface area contributed by atoms with Gasteiger partial charge in [-0.05, 0) is 25.1 Å². The van der Waals surface area contributed by atoms with Gasteiger partial charge in [0.05, 0.1) is 23.3 Å². The quantitative estimate of drug-likeness (QED) is 0.499. The Morgan fingerprint density at radius 2 is 2.15 bits per heavy atom. The molecule has 0 saturated heterocycles. The van der Waals surface area contributed by atoms with E-state index in [0.29, 0.717) is 5.69 Å². The number of allylic oxidation sites excluding steroid dienone is 1. The van der Waals surface area contributed by atoms with E-state index in [0.717, 1.165) is 5.56 Å². The highest BCUT2D eigenvalue weighted by Crippen LogP contribution is 2.26. The molecule has 138 valence electrons. The summed E-state index contributed by atoms with van der Waals surface area (Å²) in [6.45, 7) is 4.84. The van der Waals surface area contributed by atoms with Crippen molar-refractivity contribution in [3.63, 3.8) is 0 Å². The summed E-state index contributed by atoms with van der Waals surface area (Å²) in [6, 6.07) is 7.61. The molecule has 0 fully saturated rings. The summed E-state index contributed by atoms with van der Waals surface area (Å²) in [7, 11) is 1.80. The standard InChI is InChI=1S/C18H16FN5O3/c1-12(2)26-18(25)24(19)14-5-4-6-15(9-14)27-17-20-8-7-16(22-17)13-10-21-23(3)11-13/h4-11H,1H2,2-3H3. The van der Waals surface area contributed by atoms with E-state index in [1.165, 1.54) is 25.1 Å². The highest BCUT2D eigenvalue weighted by Gasteiger charge is 2.18. The molecule has 0 aliphatic rings. The lowest BCUT2D eigenvalue weighted by molar-refractivity contribution is 0.169. The van der Waals surface area contributed by atoms with Crippen LogP contribution in [-0.4, -0.2) is 25.8 Å². The van der Waals surface area contributed by atoms with Crippen LogP contribution in [0.25, 0.3) is 11.3 Å². The van der Waals surface area contributed by atoms with Crippen molar-refractivity contribution in [2.75, 3.05) is 5.12 Å². The third-order valence-corrected chi connectivity index (χ3v) is 3.31. The highest BCUT2D eigenvalue weighted by atomic mass is 19.2. The summed E-state index contributed by atoms with van der Waals surface area (Å²) in [5.41, 5.74) is 1.36. The van der Waals surface area contributed by atoms with E-state index in [9.17, 15) is 9.28 Å². The first-order chi connectivity index (χ1) is 12.9. The Balaban J connectivity index is 1.78. The number of rotatable bonds is 5. The average molecular weight is 369 g/mol. The van der Waals surface area contributed by atoms with E-state index < -0.39 is 6.09 Å². The third kappa shape index (κ3) is 4.46.